The zero-order chi connectivity index (χ0) is 12.3. The fourth-order valence-corrected chi connectivity index (χ4v) is 2.43. The van der Waals surface area contributed by atoms with Gasteiger partial charge in [0.05, 0.1) is 0 Å². The molecule has 86 valence electrons. The smallest absolute Gasteiger partial charge is 0.111 e. The molecule has 0 nitrogen and oxygen atoms in total. The van der Waals surface area contributed by atoms with Crippen LogP contribution in [-0.4, -0.2) is 10.6 Å². The predicted octanol–water partition coefficient (Wildman–Crippen LogP) is 4.99. The normalized spacial score (nSPS) is 10.2. The summed E-state index contributed by atoms with van der Waals surface area (Å²) in [7, 11) is 0. The first-order valence-corrected chi connectivity index (χ1v) is 7.17. The summed E-state index contributed by atoms with van der Waals surface area (Å²) in [6.07, 6.45) is 2.07. The Morgan fingerprint density at radius 2 is 1.71 bits per heavy atom. The molecule has 2 rings (SSSR count). The van der Waals surface area contributed by atoms with Crippen molar-refractivity contribution < 1.29 is 0 Å². The Balaban J connectivity index is 2.48. The third-order valence-electron chi connectivity index (χ3n) is 2.54. The highest BCUT2D eigenvalue weighted by atomic mass is 35.5. The van der Waals surface area contributed by atoms with Crippen LogP contribution in [0.15, 0.2) is 53.4 Å². The van der Waals surface area contributed by atoms with E-state index < -0.39 is 0 Å². The predicted molar refractivity (Wildman–Crippen MR) is 81.2 cm³/mol. The molecule has 0 fully saturated rings. The molecule has 0 amide bonds. The lowest BCUT2D eigenvalue weighted by atomic mass is 10.0. The van der Waals surface area contributed by atoms with Crippen LogP contribution in [0.3, 0.4) is 0 Å². The molecule has 0 unspecified atom stereocenters. The SMILES string of the molecule is CSc1ccc(-c2ccccc2C(=S)Cl)cc1. The first-order valence-electron chi connectivity index (χ1n) is 5.15. The van der Waals surface area contributed by atoms with Gasteiger partial charge < -0.3 is 0 Å². The average molecular weight is 279 g/mol. The number of rotatable bonds is 3. The summed E-state index contributed by atoms with van der Waals surface area (Å²) < 4.78 is 0.412. The number of halogens is 1. The van der Waals surface area contributed by atoms with Gasteiger partial charge in [0, 0.05) is 10.5 Å². The van der Waals surface area contributed by atoms with Gasteiger partial charge in [0.2, 0.25) is 0 Å². The summed E-state index contributed by atoms with van der Waals surface area (Å²) in [4.78, 5) is 1.25. The van der Waals surface area contributed by atoms with Crippen molar-refractivity contribution in [3.05, 3.63) is 54.1 Å². The molecule has 0 spiro atoms. The van der Waals surface area contributed by atoms with Gasteiger partial charge in [0.25, 0.3) is 0 Å². The lowest BCUT2D eigenvalue weighted by Crippen LogP contribution is -1.91. The molecule has 0 aromatic heterocycles. The van der Waals surface area contributed by atoms with Crippen molar-refractivity contribution in [1.82, 2.24) is 0 Å². The molecule has 0 aliphatic heterocycles. The van der Waals surface area contributed by atoms with E-state index in [1.807, 2.05) is 24.3 Å². The Morgan fingerprint density at radius 3 is 2.29 bits per heavy atom. The molecular formula is C14H11ClS2. The molecule has 3 heteroatoms. The number of hydrogen-bond acceptors (Lipinski definition) is 2. The molecule has 0 aliphatic rings. The average Bonchev–Trinajstić information content (AvgIpc) is 2.39. The molecule has 0 aliphatic carbocycles. The van der Waals surface area contributed by atoms with Gasteiger partial charge in [0.1, 0.15) is 4.32 Å². The third kappa shape index (κ3) is 2.89. The van der Waals surface area contributed by atoms with Crippen molar-refractivity contribution in [2.24, 2.45) is 0 Å². The fraction of sp³-hybridized carbons (Fsp3) is 0.0714. The van der Waals surface area contributed by atoms with Gasteiger partial charge in [0.15, 0.2) is 0 Å². The summed E-state index contributed by atoms with van der Waals surface area (Å²) in [6.45, 7) is 0. The van der Waals surface area contributed by atoms with Crippen molar-refractivity contribution in [1.29, 1.82) is 0 Å². The number of benzene rings is 2. The number of thioether (sulfide) groups is 1. The van der Waals surface area contributed by atoms with Crippen molar-refractivity contribution in [2.75, 3.05) is 6.26 Å². The maximum Gasteiger partial charge on any atom is 0.111 e. The minimum atomic E-state index is 0.412. The van der Waals surface area contributed by atoms with Crippen LogP contribution in [-0.2, 0) is 0 Å². The van der Waals surface area contributed by atoms with Gasteiger partial charge in [-0.05, 0) is 29.5 Å². The van der Waals surface area contributed by atoms with Gasteiger partial charge in [-0.1, -0.05) is 60.2 Å². The van der Waals surface area contributed by atoms with E-state index in [-0.39, 0.29) is 0 Å². The summed E-state index contributed by atoms with van der Waals surface area (Å²) >= 11 is 12.7. The van der Waals surface area contributed by atoms with E-state index in [1.165, 1.54) is 4.90 Å². The first kappa shape index (κ1) is 12.6. The summed E-state index contributed by atoms with van der Waals surface area (Å²) in [5.74, 6) is 0. The second-order valence-corrected chi connectivity index (χ2v) is 5.44. The first-order chi connectivity index (χ1) is 8.22. The van der Waals surface area contributed by atoms with E-state index >= 15 is 0 Å². The molecule has 0 radical (unpaired) electrons. The standard InChI is InChI=1S/C14H11ClS2/c1-17-11-8-6-10(7-9-11)12-4-2-3-5-13(12)14(15)16/h2-9H,1H3. The lowest BCUT2D eigenvalue weighted by Gasteiger charge is -2.07. The molecule has 0 bridgehead atoms. The van der Waals surface area contributed by atoms with Crippen molar-refractivity contribution in [3.8, 4) is 11.1 Å². The van der Waals surface area contributed by atoms with Crippen molar-refractivity contribution in [2.45, 2.75) is 4.90 Å². The summed E-state index contributed by atoms with van der Waals surface area (Å²) in [6, 6.07) is 16.3. The Kier molecular flexibility index (Phi) is 4.21. The number of thiocarbonyl (C=S) groups is 1. The van der Waals surface area contributed by atoms with Gasteiger partial charge in [-0.2, -0.15) is 0 Å². The fourth-order valence-electron chi connectivity index (χ4n) is 1.68. The molecule has 0 atom stereocenters. The van der Waals surface area contributed by atoms with E-state index in [9.17, 15) is 0 Å². The number of hydrogen-bond donors (Lipinski definition) is 0. The topological polar surface area (TPSA) is 0 Å². The zero-order valence-corrected chi connectivity index (χ0v) is 11.7. The van der Waals surface area contributed by atoms with Crippen LogP contribution in [0.4, 0.5) is 0 Å². The molecule has 0 N–H and O–H groups in total. The highest BCUT2D eigenvalue weighted by Gasteiger charge is 2.06. The van der Waals surface area contributed by atoms with Crippen molar-refractivity contribution in [3.63, 3.8) is 0 Å². The monoisotopic (exact) mass is 278 g/mol. The Bertz CT molecular complexity index is 532. The second kappa shape index (κ2) is 5.67. The molecule has 0 saturated heterocycles. The highest BCUT2D eigenvalue weighted by Crippen LogP contribution is 2.27. The minimum Gasteiger partial charge on any atom is -0.130 e. The molecule has 0 saturated carbocycles. The maximum absolute atomic E-state index is 5.94. The molecule has 0 heterocycles. The van der Waals surface area contributed by atoms with Crippen LogP contribution in [0.5, 0.6) is 0 Å². The second-order valence-electron chi connectivity index (χ2n) is 3.55. The van der Waals surface area contributed by atoms with Crippen LogP contribution in [0.2, 0.25) is 0 Å². The van der Waals surface area contributed by atoms with E-state index in [2.05, 4.69) is 30.5 Å². The van der Waals surface area contributed by atoms with Crippen LogP contribution in [0.1, 0.15) is 5.56 Å². The van der Waals surface area contributed by atoms with Gasteiger partial charge in [-0.3, -0.25) is 0 Å². The third-order valence-corrected chi connectivity index (χ3v) is 3.71. The lowest BCUT2D eigenvalue weighted by molar-refractivity contribution is 1.46. The molecular weight excluding hydrogens is 268 g/mol. The summed E-state index contributed by atoms with van der Waals surface area (Å²) in [5, 5.41) is 0. The van der Waals surface area contributed by atoms with E-state index in [1.54, 1.807) is 11.8 Å². The molecule has 2 aromatic rings. The van der Waals surface area contributed by atoms with E-state index in [0.717, 1.165) is 16.7 Å². The largest absolute Gasteiger partial charge is 0.130 e. The van der Waals surface area contributed by atoms with Crippen molar-refractivity contribution >= 4 is 39.9 Å². The van der Waals surface area contributed by atoms with Gasteiger partial charge >= 0.3 is 0 Å². The molecule has 2 aromatic carbocycles. The Hall–Kier alpha value is -0.830. The Labute approximate surface area is 116 Å². The van der Waals surface area contributed by atoms with Crippen LogP contribution in [0.25, 0.3) is 11.1 Å². The summed E-state index contributed by atoms with van der Waals surface area (Å²) in [5.41, 5.74) is 3.14. The van der Waals surface area contributed by atoms with E-state index in [0.29, 0.717) is 4.32 Å². The van der Waals surface area contributed by atoms with Crippen LogP contribution < -0.4 is 0 Å². The van der Waals surface area contributed by atoms with Gasteiger partial charge in [-0.25, -0.2) is 0 Å². The van der Waals surface area contributed by atoms with E-state index in [4.69, 9.17) is 23.8 Å². The minimum absolute atomic E-state index is 0.412. The molecule has 17 heavy (non-hydrogen) atoms. The Morgan fingerprint density at radius 1 is 1.06 bits per heavy atom. The van der Waals surface area contributed by atoms with Gasteiger partial charge in [-0.15, -0.1) is 11.8 Å². The quantitative estimate of drug-likeness (QED) is 0.441. The van der Waals surface area contributed by atoms with Crippen LogP contribution >= 0.6 is 35.6 Å². The maximum atomic E-state index is 5.94. The van der Waals surface area contributed by atoms with Crippen LogP contribution in [0, 0.1) is 0 Å². The zero-order valence-electron chi connectivity index (χ0n) is 9.31. The highest BCUT2D eigenvalue weighted by molar-refractivity contribution is 7.98.